The van der Waals surface area contributed by atoms with Crippen LogP contribution >= 0.6 is 0 Å². The molecule has 1 heterocycles. The summed E-state index contributed by atoms with van der Waals surface area (Å²) in [5.74, 6) is 1.02. The van der Waals surface area contributed by atoms with E-state index in [1.807, 2.05) is 56.3 Å². The third-order valence-electron chi connectivity index (χ3n) is 5.39. The molecule has 0 saturated heterocycles. The monoisotopic (exact) mass is 430 g/mol. The van der Waals surface area contributed by atoms with Crippen molar-refractivity contribution < 1.29 is 19.1 Å². The van der Waals surface area contributed by atoms with Crippen LogP contribution in [-0.4, -0.2) is 31.1 Å². The molecule has 1 unspecified atom stereocenters. The van der Waals surface area contributed by atoms with Gasteiger partial charge in [0.2, 0.25) is 0 Å². The van der Waals surface area contributed by atoms with Crippen LogP contribution in [0.2, 0.25) is 0 Å². The second kappa shape index (κ2) is 9.14. The van der Waals surface area contributed by atoms with Crippen LogP contribution < -0.4 is 19.7 Å². The maximum Gasteiger partial charge on any atom is 0.267 e. The van der Waals surface area contributed by atoms with E-state index in [1.165, 1.54) is 0 Å². The fourth-order valence-corrected chi connectivity index (χ4v) is 3.70. The Morgan fingerprint density at radius 3 is 2.66 bits per heavy atom. The van der Waals surface area contributed by atoms with Crippen molar-refractivity contribution in [3.8, 4) is 11.5 Å². The molecule has 32 heavy (non-hydrogen) atoms. The predicted molar refractivity (Wildman–Crippen MR) is 125 cm³/mol. The first-order valence-corrected chi connectivity index (χ1v) is 10.6. The van der Waals surface area contributed by atoms with Crippen molar-refractivity contribution in [3.05, 3.63) is 83.4 Å². The molecule has 1 aliphatic heterocycles. The average molecular weight is 431 g/mol. The van der Waals surface area contributed by atoms with Crippen LogP contribution in [0.3, 0.4) is 0 Å². The molecule has 164 valence electrons. The van der Waals surface area contributed by atoms with Crippen LogP contribution in [0.15, 0.2) is 66.7 Å². The molecule has 2 amide bonds. The van der Waals surface area contributed by atoms with Gasteiger partial charge in [-0.3, -0.25) is 9.59 Å². The van der Waals surface area contributed by atoms with Crippen LogP contribution in [0.1, 0.15) is 28.4 Å². The van der Waals surface area contributed by atoms with Crippen molar-refractivity contribution in [1.29, 1.82) is 0 Å². The number of aryl methyl sites for hydroxylation is 2. The smallest absolute Gasteiger partial charge is 0.267 e. The largest absolute Gasteiger partial charge is 0.492 e. The highest BCUT2D eigenvalue weighted by Gasteiger charge is 2.31. The lowest BCUT2D eigenvalue weighted by atomic mass is 10.1. The number of rotatable bonds is 6. The molecule has 3 aromatic rings. The van der Waals surface area contributed by atoms with Crippen molar-refractivity contribution in [2.75, 3.05) is 23.4 Å². The lowest BCUT2D eigenvalue weighted by molar-refractivity contribution is -0.125. The quantitative estimate of drug-likeness (QED) is 0.613. The molecular weight excluding hydrogens is 404 g/mol. The van der Waals surface area contributed by atoms with Gasteiger partial charge in [-0.2, -0.15) is 0 Å². The fraction of sp³-hybridized carbons (Fsp3) is 0.231. The van der Waals surface area contributed by atoms with Crippen LogP contribution in [0, 0.1) is 13.8 Å². The van der Waals surface area contributed by atoms with Gasteiger partial charge < -0.3 is 19.7 Å². The zero-order valence-electron chi connectivity index (χ0n) is 18.4. The molecule has 1 atom stereocenters. The third kappa shape index (κ3) is 4.59. The van der Waals surface area contributed by atoms with E-state index >= 15 is 0 Å². The van der Waals surface area contributed by atoms with E-state index in [2.05, 4.69) is 5.32 Å². The Bertz CT molecular complexity index is 1160. The van der Waals surface area contributed by atoms with Crippen LogP contribution in [-0.2, 0) is 4.79 Å². The minimum absolute atomic E-state index is 0.146. The van der Waals surface area contributed by atoms with E-state index in [0.717, 1.165) is 16.9 Å². The van der Waals surface area contributed by atoms with Gasteiger partial charge in [0.15, 0.2) is 6.10 Å². The second-order valence-electron chi connectivity index (χ2n) is 7.87. The minimum atomic E-state index is -0.589. The molecule has 0 fully saturated rings. The summed E-state index contributed by atoms with van der Waals surface area (Å²) in [6.45, 7) is 6.33. The standard InChI is InChI=1S/C26H26N2O4/c1-17-7-6-9-21(15-17)31-14-13-28-23-16-20(11-12-24(23)32-19(3)26(28)30)27-25(29)22-10-5-4-8-18(22)2/h4-12,15-16,19H,13-14H2,1-3H3,(H,27,29). The Labute approximate surface area is 187 Å². The molecule has 0 saturated carbocycles. The normalized spacial score (nSPS) is 15.0. The lowest BCUT2D eigenvalue weighted by Gasteiger charge is -2.33. The SMILES string of the molecule is Cc1cccc(OCCN2C(=O)C(C)Oc3ccc(NC(=O)c4ccccc4C)cc32)c1. The number of hydrogen-bond donors (Lipinski definition) is 1. The first kappa shape index (κ1) is 21.4. The first-order chi connectivity index (χ1) is 15.4. The van der Waals surface area contributed by atoms with Gasteiger partial charge in [-0.25, -0.2) is 0 Å². The predicted octanol–water partition coefficient (Wildman–Crippen LogP) is 4.75. The van der Waals surface area contributed by atoms with Gasteiger partial charge in [-0.05, 0) is 68.3 Å². The number of nitrogens with zero attached hydrogens (tertiary/aromatic N) is 1. The summed E-state index contributed by atoms with van der Waals surface area (Å²) in [5.41, 5.74) is 3.81. The molecule has 0 aliphatic carbocycles. The summed E-state index contributed by atoms with van der Waals surface area (Å²) in [5, 5.41) is 2.92. The van der Waals surface area contributed by atoms with Gasteiger partial charge in [-0.15, -0.1) is 0 Å². The molecule has 1 aliphatic rings. The molecule has 0 spiro atoms. The number of nitrogens with one attached hydrogen (secondary N) is 1. The topological polar surface area (TPSA) is 67.9 Å². The number of amides is 2. The fourth-order valence-electron chi connectivity index (χ4n) is 3.70. The van der Waals surface area contributed by atoms with Crippen molar-refractivity contribution in [2.45, 2.75) is 26.9 Å². The number of fused-ring (bicyclic) bond motifs is 1. The highest BCUT2D eigenvalue weighted by Crippen LogP contribution is 2.36. The summed E-state index contributed by atoms with van der Waals surface area (Å²) in [6, 6.07) is 20.5. The number of carbonyl (C=O) groups excluding carboxylic acids is 2. The van der Waals surface area contributed by atoms with Crippen LogP contribution in [0.25, 0.3) is 0 Å². The van der Waals surface area contributed by atoms with Crippen molar-refractivity contribution in [3.63, 3.8) is 0 Å². The number of carbonyl (C=O) groups is 2. The molecule has 0 radical (unpaired) electrons. The van der Waals surface area contributed by atoms with Crippen LogP contribution in [0.4, 0.5) is 11.4 Å². The molecule has 6 nitrogen and oxygen atoms in total. The average Bonchev–Trinajstić information content (AvgIpc) is 2.77. The molecule has 3 aromatic carbocycles. The Kier molecular flexibility index (Phi) is 6.12. The number of benzene rings is 3. The first-order valence-electron chi connectivity index (χ1n) is 10.6. The molecule has 0 aromatic heterocycles. The van der Waals surface area contributed by atoms with Crippen molar-refractivity contribution >= 4 is 23.2 Å². The molecule has 6 heteroatoms. The zero-order valence-corrected chi connectivity index (χ0v) is 18.4. The molecule has 1 N–H and O–H groups in total. The number of anilines is 2. The van der Waals surface area contributed by atoms with Gasteiger partial charge in [-0.1, -0.05) is 30.3 Å². The van der Waals surface area contributed by atoms with Gasteiger partial charge in [0.25, 0.3) is 11.8 Å². The van der Waals surface area contributed by atoms with Gasteiger partial charge in [0.05, 0.1) is 12.2 Å². The summed E-state index contributed by atoms with van der Waals surface area (Å²) >= 11 is 0. The lowest BCUT2D eigenvalue weighted by Crippen LogP contribution is -2.46. The van der Waals surface area contributed by atoms with E-state index in [-0.39, 0.29) is 11.8 Å². The van der Waals surface area contributed by atoms with Crippen molar-refractivity contribution in [1.82, 2.24) is 0 Å². The van der Waals surface area contributed by atoms with E-state index in [4.69, 9.17) is 9.47 Å². The van der Waals surface area contributed by atoms with Gasteiger partial charge >= 0.3 is 0 Å². The molecule has 4 rings (SSSR count). The Hall–Kier alpha value is -3.80. The zero-order chi connectivity index (χ0) is 22.7. The summed E-state index contributed by atoms with van der Waals surface area (Å²) in [7, 11) is 0. The Morgan fingerprint density at radius 1 is 1.06 bits per heavy atom. The molecule has 0 bridgehead atoms. The second-order valence-corrected chi connectivity index (χ2v) is 7.87. The maximum atomic E-state index is 12.8. The Balaban J connectivity index is 1.52. The highest BCUT2D eigenvalue weighted by atomic mass is 16.5. The molecular formula is C26H26N2O4. The third-order valence-corrected chi connectivity index (χ3v) is 5.39. The summed E-state index contributed by atoms with van der Waals surface area (Å²) in [6.07, 6.45) is -0.589. The Morgan fingerprint density at radius 2 is 1.88 bits per heavy atom. The van der Waals surface area contributed by atoms with E-state index in [9.17, 15) is 9.59 Å². The van der Waals surface area contributed by atoms with E-state index in [0.29, 0.717) is 35.8 Å². The van der Waals surface area contributed by atoms with E-state index in [1.54, 1.807) is 36.1 Å². The summed E-state index contributed by atoms with van der Waals surface area (Å²) in [4.78, 5) is 27.2. The van der Waals surface area contributed by atoms with Gasteiger partial charge in [0, 0.05) is 11.3 Å². The van der Waals surface area contributed by atoms with E-state index < -0.39 is 6.10 Å². The van der Waals surface area contributed by atoms with Gasteiger partial charge in [0.1, 0.15) is 18.1 Å². The van der Waals surface area contributed by atoms with Crippen LogP contribution in [0.5, 0.6) is 11.5 Å². The number of ether oxygens (including phenoxy) is 2. The number of hydrogen-bond acceptors (Lipinski definition) is 4. The van der Waals surface area contributed by atoms with Crippen molar-refractivity contribution in [2.24, 2.45) is 0 Å². The minimum Gasteiger partial charge on any atom is -0.492 e. The summed E-state index contributed by atoms with van der Waals surface area (Å²) < 4.78 is 11.6. The maximum absolute atomic E-state index is 12.8. The highest BCUT2D eigenvalue weighted by molar-refractivity contribution is 6.06.